The first-order valence-corrected chi connectivity index (χ1v) is 6.16. The fourth-order valence-electron chi connectivity index (χ4n) is 1.78. The van der Waals surface area contributed by atoms with E-state index >= 15 is 0 Å². The summed E-state index contributed by atoms with van der Waals surface area (Å²) in [7, 11) is 0. The van der Waals surface area contributed by atoms with Gasteiger partial charge in [0.25, 0.3) is 0 Å². The molecule has 1 atom stereocenters. The molecule has 0 aliphatic heterocycles. The lowest BCUT2D eigenvalue weighted by Gasteiger charge is -2.12. The number of rotatable bonds is 5. The summed E-state index contributed by atoms with van der Waals surface area (Å²) in [5.41, 5.74) is 1.64. The van der Waals surface area contributed by atoms with Crippen molar-refractivity contribution in [2.45, 2.75) is 13.8 Å². The summed E-state index contributed by atoms with van der Waals surface area (Å²) in [6.07, 6.45) is 1.74. The van der Waals surface area contributed by atoms with Crippen LogP contribution in [0.4, 0.5) is 5.69 Å². The molecule has 5 nitrogen and oxygen atoms in total. The van der Waals surface area contributed by atoms with Gasteiger partial charge in [-0.2, -0.15) is 5.10 Å². The van der Waals surface area contributed by atoms with Crippen LogP contribution in [0.2, 0.25) is 0 Å². The van der Waals surface area contributed by atoms with Gasteiger partial charge in [-0.1, -0.05) is 26.0 Å². The average Bonchev–Trinajstić information content (AvgIpc) is 2.85. The van der Waals surface area contributed by atoms with Gasteiger partial charge in [0.15, 0.2) is 0 Å². The minimum atomic E-state index is -0.0665. The Bertz CT molecular complexity index is 535. The Labute approximate surface area is 106 Å². The third kappa shape index (κ3) is 2.68. The van der Waals surface area contributed by atoms with Gasteiger partial charge < -0.3 is 10.6 Å². The van der Waals surface area contributed by atoms with Crippen LogP contribution in [-0.2, 0) is 4.79 Å². The summed E-state index contributed by atoms with van der Waals surface area (Å²) in [5.74, 6) is -0.0545. The maximum Gasteiger partial charge on any atom is 0.228 e. The Morgan fingerprint density at radius 1 is 1.50 bits per heavy atom. The number of hydrogen-bond donors (Lipinski definition) is 3. The van der Waals surface area contributed by atoms with Gasteiger partial charge in [0.1, 0.15) is 0 Å². The fraction of sp³-hybridized carbons (Fsp3) is 0.385. The third-order valence-electron chi connectivity index (χ3n) is 2.88. The molecule has 0 aliphatic rings. The van der Waals surface area contributed by atoms with Crippen molar-refractivity contribution in [2.24, 2.45) is 5.92 Å². The molecule has 96 valence electrons. The highest BCUT2D eigenvalue weighted by atomic mass is 16.1. The molecular weight excluding hydrogens is 228 g/mol. The highest BCUT2D eigenvalue weighted by molar-refractivity contribution is 6.00. The van der Waals surface area contributed by atoms with Crippen LogP contribution in [0.5, 0.6) is 0 Å². The molecule has 0 aliphatic carbocycles. The van der Waals surface area contributed by atoms with E-state index in [1.165, 1.54) is 0 Å². The lowest BCUT2D eigenvalue weighted by atomic mass is 10.1. The summed E-state index contributed by atoms with van der Waals surface area (Å²) in [6, 6.07) is 5.73. The van der Waals surface area contributed by atoms with Crippen molar-refractivity contribution in [2.75, 3.05) is 18.4 Å². The minimum Gasteiger partial charge on any atom is -0.324 e. The number of hydrogen-bond acceptors (Lipinski definition) is 3. The van der Waals surface area contributed by atoms with Gasteiger partial charge >= 0.3 is 0 Å². The number of aromatic amines is 1. The van der Waals surface area contributed by atoms with Crippen LogP contribution in [0.3, 0.4) is 0 Å². The second-order valence-corrected chi connectivity index (χ2v) is 4.34. The summed E-state index contributed by atoms with van der Waals surface area (Å²) in [4.78, 5) is 12.0. The molecule has 1 aromatic carbocycles. The van der Waals surface area contributed by atoms with Gasteiger partial charge in [-0.25, -0.2) is 0 Å². The van der Waals surface area contributed by atoms with Crippen LogP contribution in [0.25, 0.3) is 10.9 Å². The molecule has 1 amide bonds. The second kappa shape index (κ2) is 5.64. The third-order valence-corrected chi connectivity index (χ3v) is 2.88. The number of fused-ring (bicyclic) bond motifs is 1. The van der Waals surface area contributed by atoms with E-state index in [1.807, 2.05) is 32.0 Å². The molecule has 3 N–H and O–H groups in total. The van der Waals surface area contributed by atoms with Crippen LogP contribution < -0.4 is 10.6 Å². The Kier molecular flexibility index (Phi) is 3.94. The van der Waals surface area contributed by atoms with E-state index in [1.54, 1.807) is 6.20 Å². The number of carbonyl (C=O) groups is 1. The monoisotopic (exact) mass is 246 g/mol. The minimum absolute atomic E-state index is 0.0121. The Balaban J connectivity index is 2.09. The van der Waals surface area contributed by atoms with Crippen molar-refractivity contribution in [1.82, 2.24) is 15.5 Å². The first-order chi connectivity index (χ1) is 8.72. The van der Waals surface area contributed by atoms with E-state index in [-0.39, 0.29) is 11.8 Å². The van der Waals surface area contributed by atoms with Crippen LogP contribution in [0.15, 0.2) is 24.4 Å². The lowest BCUT2D eigenvalue weighted by Crippen LogP contribution is -2.30. The summed E-state index contributed by atoms with van der Waals surface area (Å²) < 4.78 is 0. The standard InChI is InChI=1S/C13H18N4O/c1-3-14-7-9(2)13(18)16-11-6-4-5-10-8-15-17-12(10)11/h4-6,8-9,14H,3,7H2,1-2H3,(H,15,17)(H,16,18). The quantitative estimate of drug-likeness (QED) is 0.752. The predicted molar refractivity (Wildman–Crippen MR) is 72.4 cm³/mol. The fourth-order valence-corrected chi connectivity index (χ4v) is 1.78. The first kappa shape index (κ1) is 12.6. The summed E-state index contributed by atoms with van der Waals surface area (Å²) >= 11 is 0. The zero-order valence-electron chi connectivity index (χ0n) is 10.7. The highest BCUT2D eigenvalue weighted by Gasteiger charge is 2.13. The largest absolute Gasteiger partial charge is 0.324 e. The van der Waals surface area contributed by atoms with E-state index < -0.39 is 0 Å². The van der Waals surface area contributed by atoms with Gasteiger partial charge in [0.05, 0.1) is 17.4 Å². The number of benzene rings is 1. The number of H-pyrrole nitrogens is 1. The maximum atomic E-state index is 12.0. The zero-order valence-corrected chi connectivity index (χ0v) is 10.7. The van der Waals surface area contributed by atoms with Crippen molar-refractivity contribution < 1.29 is 4.79 Å². The first-order valence-electron chi connectivity index (χ1n) is 6.16. The topological polar surface area (TPSA) is 69.8 Å². The van der Waals surface area contributed by atoms with Gasteiger partial charge in [-0.15, -0.1) is 0 Å². The predicted octanol–water partition coefficient (Wildman–Crippen LogP) is 1.75. The van der Waals surface area contributed by atoms with E-state index in [4.69, 9.17) is 0 Å². The molecule has 1 unspecified atom stereocenters. The van der Waals surface area contributed by atoms with E-state index in [0.29, 0.717) is 6.54 Å². The molecule has 2 rings (SSSR count). The van der Waals surface area contributed by atoms with Gasteiger partial charge in [0.2, 0.25) is 5.91 Å². The summed E-state index contributed by atoms with van der Waals surface area (Å²) in [5, 5.41) is 14.0. The van der Waals surface area contributed by atoms with E-state index in [0.717, 1.165) is 23.1 Å². The van der Waals surface area contributed by atoms with Crippen molar-refractivity contribution in [3.05, 3.63) is 24.4 Å². The molecule has 1 aromatic heterocycles. The Morgan fingerprint density at radius 3 is 3.11 bits per heavy atom. The molecule has 18 heavy (non-hydrogen) atoms. The average molecular weight is 246 g/mol. The number of nitrogens with zero attached hydrogens (tertiary/aromatic N) is 1. The Morgan fingerprint density at radius 2 is 2.33 bits per heavy atom. The second-order valence-electron chi connectivity index (χ2n) is 4.34. The number of amides is 1. The van der Waals surface area contributed by atoms with Crippen molar-refractivity contribution in [3.63, 3.8) is 0 Å². The molecule has 1 heterocycles. The van der Waals surface area contributed by atoms with Crippen LogP contribution in [0, 0.1) is 5.92 Å². The van der Waals surface area contributed by atoms with Gasteiger partial charge in [-0.05, 0) is 12.6 Å². The molecular formula is C13H18N4O. The van der Waals surface area contributed by atoms with Crippen molar-refractivity contribution in [1.29, 1.82) is 0 Å². The molecule has 2 aromatic rings. The molecule has 0 spiro atoms. The number of carbonyl (C=O) groups excluding carboxylic acids is 1. The van der Waals surface area contributed by atoms with Crippen LogP contribution in [0.1, 0.15) is 13.8 Å². The van der Waals surface area contributed by atoms with Crippen LogP contribution >= 0.6 is 0 Å². The zero-order chi connectivity index (χ0) is 13.0. The van der Waals surface area contributed by atoms with Crippen molar-refractivity contribution in [3.8, 4) is 0 Å². The summed E-state index contributed by atoms with van der Waals surface area (Å²) in [6.45, 7) is 5.48. The molecule has 0 bridgehead atoms. The van der Waals surface area contributed by atoms with Crippen LogP contribution in [-0.4, -0.2) is 29.2 Å². The SMILES string of the molecule is CCNCC(C)C(=O)Nc1cccc2cn[nH]c12. The molecule has 0 fully saturated rings. The number of aromatic nitrogens is 2. The van der Waals surface area contributed by atoms with Crippen molar-refractivity contribution >= 4 is 22.5 Å². The smallest absolute Gasteiger partial charge is 0.228 e. The van der Waals surface area contributed by atoms with E-state index in [9.17, 15) is 4.79 Å². The number of para-hydroxylation sites is 1. The van der Waals surface area contributed by atoms with E-state index in [2.05, 4.69) is 20.8 Å². The molecule has 0 saturated heterocycles. The molecule has 0 radical (unpaired) electrons. The maximum absolute atomic E-state index is 12.0. The molecule has 5 heteroatoms. The molecule has 0 saturated carbocycles. The van der Waals surface area contributed by atoms with Gasteiger partial charge in [-0.3, -0.25) is 9.89 Å². The Hall–Kier alpha value is -1.88. The number of anilines is 1. The highest BCUT2D eigenvalue weighted by Crippen LogP contribution is 2.20. The number of nitrogens with one attached hydrogen (secondary N) is 3. The normalized spacial score (nSPS) is 12.6. The van der Waals surface area contributed by atoms with Gasteiger partial charge in [0, 0.05) is 17.8 Å². The lowest BCUT2D eigenvalue weighted by molar-refractivity contribution is -0.119.